The molecule has 19 heavy (non-hydrogen) atoms. The van der Waals surface area contributed by atoms with Crippen molar-refractivity contribution in [1.82, 2.24) is 0 Å². The Labute approximate surface area is 114 Å². The first kappa shape index (κ1) is 20.2. The number of carboxylic acids is 2. The van der Waals surface area contributed by atoms with Gasteiger partial charge in [-0.15, -0.1) is 0 Å². The summed E-state index contributed by atoms with van der Waals surface area (Å²) in [5.41, 5.74) is 4.88. The van der Waals surface area contributed by atoms with Gasteiger partial charge in [-0.25, -0.2) is 0 Å². The van der Waals surface area contributed by atoms with Gasteiger partial charge < -0.3 is 21.1 Å². The molecule has 0 saturated carbocycles. The average Bonchev–Trinajstić information content (AvgIpc) is 2.27. The SMILES string of the molecule is CC(C)(N)CO.O=C(O)CCCCCCCC(=O)O. The molecule has 0 heterocycles. The fraction of sp³-hybridized carbons (Fsp3) is 0.846. The summed E-state index contributed by atoms with van der Waals surface area (Å²) in [5.74, 6) is -1.52. The van der Waals surface area contributed by atoms with Crippen molar-refractivity contribution in [2.75, 3.05) is 6.61 Å². The Morgan fingerprint density at radius 3 is 1.37 bits per heavy atom. The highest BCUT2D eigenvalue weighted by Crippen LogP contribution is 2.06. The fourth-order valence-electron chi connectivity index (χ4n) is 1.08. The van der Waals surface area contributed by atoms with Gasteiger partial charge in [0, 0.05) is 18.4 Å². The van der Waals surface area contributed by atoms with Gasteiger partial charge in [0.05, 0.1) is 6.61 Å². The Morgan fingerprint density at radius 2 is 1.16 bits per heavy atom. The molecular weight excluding hydrogens is 250 g/mol. The van der Waals surface area contributed by atoms with Gasteiger partial charge in [-0.05, 0) is 26.7 Å². The summed E-state index contributed by atoms with van der Waals surface area (Å²) in [5, 5.41) is 24.9. The van der Waals surface area contributed by atoms with Crippen molar-refractivity contribution in [3.63, 3.8) is 0 Å². The Hall–Kier alpha value is -1.14. The second kappa shape index (κ2) is 11.9. The van der Waals surface area contributed by atoms with E-state index in [0.29, 0.717) is 12.8 Å². The predicted molar refractivity (Wildman–Crippen MR) is 72.9 cm³/mol. The van der Waals surface area contributed by atoms with Crippen LogP contribution in [-0.2, 0) is 9.59 Å². The van der Waals surface area contributed by atoms with Crippen LogP contribution in [0.15, 0.2) is 0 Å². The van der Waals surface area contributed by atoms with E-state index in [-0.39, 0.29) is 19.4 Å². The summed E-state index contributed by atoms with van der Waals surface area (Å²) in [6.07, 6.45) is 4.53. The molecule has 6 nitrogen and oxygen atoms in total. The number of aliphatic carboxylic acids is 2. The lowest BCUT2D eigenvalue weighted by atomic mass is 10.1. The summed E-state index contributed by atoms with van der Waals surface area (Å²) < 4.78 is 0. The molecule has 0 aliphatic carbocycles. The molecule has 0 aromatic carbocycles. The van der Waals surface area contributed by atoms with E-state index in [2.05, 4.69) is 0 Å². The molecular formula is C13H27NO5. The molecule has 0 saturated heterocycles. The maximum absolute atomic E-state index is 10.1. The highest BCUT2D eigenvalue weighted by Gasteiger charge is 2.05. The van der Waals surface area contributed by atoms with Gasteiger partial charge in [-0.1, -0.05) is 19.3 Å². The molecule has 0 aromatic rings. The monoisotopic (exact) mass is 277 g/mol. The summed E-state index contributed by atoms with van der Waals surface area (Å²) in [6.45, 7) is 3.59. The zero-order chi connectivity index (χ0) is 15.3. The van der Waals surface area contributed by atoms with Crippen molar-refractivity contribution < 1.29 is 24.9 Å². The number of aliphatic hydroxyl groups is 1. The summed E-state index contributed by atoms with van der Waals surface area (Å²) in [4.78, 5) is 20.2. The number of carboxylic acid groups (broad SMARTS) is 2. The highest BCUT2D eigenvalue weighted by atomic mass is 16.4. The number of carbonyl (C=O) groups is 2. The van der Waals surface area contributed by atoms with Crippen LogP contribution in [0, 0.1) is 0 Å². The fourth-order valence-corrected chi connectivity index (χ4v) is 1.08. The third-order valence-electron chi connectivity index (χ3n) is 2.19. The number of rotatable bonds is 9. The Kier molecular flexibility index (Phi) is 12.7. The lowest BCUT2D eigenvalue weighted by Crippen LogP contribution is -2.35. The minimum atomic E-state index is -0.759. The van der Waals surface area contributed by atoms with Gasteiger partial charge in [0.25, 0.3) is 0 Å². The second-order valence-electron chi connectivity index (χ2n) is 5.20. The smallest absolute Gasteiger partial charge is 0.303 e. The molecule has 0 atom stereocenters. The van der Waals surface area contributed by atoms with E-state index < -0.39 is 17.5 Å². The van der Waals surface area contributed by atoms with E-state index in [4.69, 9.17) is 21.1 Å². The Morgan fingerprint density at radius 1 is 0.895 bits per heavy atom. The van der Waals surface area contributed by atoms with Gasteiger partial charge in [-0.2, -0.15) is 0 Å². The van der Waals surface area contributed by atoms with E-state index in [0.717, 1.165) is 19.3 Å². The summed E-state index contributed by atoms with van der Waals surface area (Å²) in [6, 6.07) is 0. The Balaban J connectivity index is 0. The van der Waals surface area contributed by atoms with Gasteiger partial charge >= 0.3 is 11.9 Å². The van der Waals surface area contributed by atoms with E-state index >= 15 is 0 Å². The summed E-state index contributed by atoms with van der Waals surface area (Å²) in [7, 11) is 0. The minimum absolute atomic E-state index is 0.0486. The van der Waals surface area contributed by atoms with Crippen LogP contribution in [0.2, 0.25) is 0 Å². The first-order valence-corrected chi connectivity index (χ1v) is 6.52. The van der Waals surface area contributed by atoms with Crippen molar-refractivity contribution >= 4 is 11.9 Å². The normalized spacial score (nSPS) is 10.5. The van der Waals surface area contributed by atoms with Crippen LogP contribution >= 0.6 is 0 Å². The van der Waals surface area contributed by atoms with Gasteiger partial charge in [-0.3, -0.25) is 9.59 Å². The lowest BCUT2D eigenvalue weighted by Gasteiger charge is -2.12. The number of hydrogen-bond acceptors (Lipinski definition) is 4. The number of hydrogen-bond donors (Lipinski definition) is 4. The maximum atomic E-state index is 10.1. The highest BCUT2D eigenvalue weighted by molar-refractivity contribution is 5.66. The van der Waals surface area contributed by atoms with E-state index in [1.807, 2.05) is 0 Å². The van der Waals surface area contributed by atoms with E-state index in [9.17, 15) is 9.59 Å². The number of aliphatic hydroxyl groups excluding tert-OH is 1. The van der Waals surface area contributed by atoms with Crippen molar-refractivity contribution in [3.05, 3.63) is 0 Å². The molecule has 0 bridgehead atoms. The number of nitrogens with two attached hydrogens (primary N) is 1. The second-order valence-corrected chi connectivity index (χ2v) is 5.20. The molecule has 0 aliphatic heterocycles. The van der Waals surface area contributed by atoms with Crippen LogP contribution in [0.4, 0.5) is 0 Å². The largest absolute Gasteiger partial charge is 0.481 e. The topological polar surface area (TPSA) is 121 Å². The predicted octanol–water partition coefficient (Wildman–Crippen LogP) is 1.60. The molecule has 5 N–H and O–H groups in total. The lowest BCUT2D eigenvalue weighted by molar-refractivity contribution is -0.138. The molecule has 0 unspecified atom stereocenters. The van der Waals surface area contributed by atoms with Crippen molar-refractivity contribution in [2.24, 2.45) is 5.73 Å². The molecule has 0 aliphatic rings. The van der Waals surface area contributed by atoms with Crippen LogP contribution in [0.25, 0.3) is 0 Å². The zero-order valence-corrected chi connectivity index (χ0v) is 11.9. The molecule has 6 heteroatoms. The zero-order valence-electron chi connectivity index (χ0n) is 11.9. The molecule has 114 valence electrons. The molecule has 0 fully saturated rings. The minimum Gasteiger partial charge on any atom is -0.481 e. The van der Waals surface area contributed by atoms with Crippen molar-refractivity contribution in [1.29, 1.82) is 0 Å². The van der Waals surface area contributed by atoms with Crippen LogP contribution in [0.3, 0.4) is 0 Å². The van der Waals surface area contributed by atoms with Crippen LogP contribution in [-0.4, -0.2) is 39.4 Å². The van der Waals surface area contributed by atoms with Crippen LogP contribution in [0.5, 0.6) is 0 Å². The maximum Gasteiger partial charge on any atom is 0.303 e. The molecule has 0 aromatic heterocycles. The van der Waals surface area contributed by atoms with E-state index in [1.165, 1.54) is 0 Å². The molecule has 0 rings (SSSR count). The third kappa shape index (κ3) is 26.5. The van der Waals surface area contributed by atoms with Crippen molar-refractivity contribution in [2.45, 2.75) is 64.3 Å². The van der Waals surface area contributed by atoms with Gasteiger partial charge in [0.2, 0.25) is 0 Å². The Bertz CT molecular complexity index is 230. The summed E-state index contributed by atoms with van der Waals surface area (Å²) >= 11 is 0. The molecule has 0 amide bonds. The standard InChI is InChI=1S/C9H16O4.C4H11NO/c10-8(11)6-4-2-1-3-5-7-9(12)13;1-4(2,5)3-6/h1-7H2,(H,10,11)(H,12,13);6H,3,5H2,1-2H3. The average molecular weight is 277 g/mol. The first-order valence-electron chi connectivity index (χ1n) is 6.52. The van der Waals surface area contributed by atoms with Gasteiger partial charge in [0.15, 0.2) is 0 Å². The van der Waals surface area contributed by atoms with E-state index in [1.54, 1.807) is 13.8 Å². The molecule has 0 radical (unpaired) electrons. The van der Waals surface area contributed by atoms with Crippen molar-refractivity contribution in [3.8, 4) is 0 Å². The first-order chi connectivity index (χ1) is 8.69. The van der Waals surface area contributed by atoms with Crippen LogP contribution in [0.1, 0.15) is 58.8 Å². The quantitative estimate of drug-likeness (QED) is 0.475. The van der Waals surface area contributed by atoms with Gasteiger partial charge in [0.1, 0.15) is 0 Å². The van der Waals surface area contributed by atoms with Crippen LogP contribution < -0.4 is 5.73 Å². The number of unbranched alkanes of at least 4 members (excludes halogenated alkanes) is 4. The third-order valence-corrected chi connectivity index (χ3v) is 2.19. The molecule has 0 spiro atoms.